The van der Waals surface area contributed by atoms with E-state index >= 15 is 0 Å². The number of likely N-dealkylation sites (tertiary alicyclic amines) is 1. The highest BCUT2D eigenvalue weighted by atomic mass is 16.5. The van der Waals surface area contributed by atoms with Crippen molar-refractivity contribution in [3.63, 3.8) is 0 Å². The number of para-hydroxylation sites is 1. The third kappa shape index (κ3) is 4.08. The summed E-state index contributed by atoms with van der Waals surface area (Å²) in [6.45, 7) is 1.98. The number of nitrogens with zero attached hydrogens (tertiary/aromatic N) is 4. The van der Waals surface area contributed by atoms with Crippen molar-refractivity contribution in [2.45, 2.75) is 38.5 Å². The van der Waals surface area contributed by atoms with Gasteiger partial charge in [-0.2, -0.15) is 4.98 Å². The number of benzene rings is 1. The molecule has 26 heavy (non-hydrogen) atoms. The van der Waals surface area contributed by atoms with Crippen LogP contribution in [0.5, 0.6) is 5.75 Å². The topological polar surface area (TPSA) is 64.3 Å². The first-order valence-corrected chi connectivity index (χ1v) is 9.02. The zero-order valence-electron chi connectivity index (χ0n) is 14.6. The van der Waals surface area contributed by atoms with E-state index in [4.69, 9.17) is 9.26 Å². The van der Waals surface area contributed by atoms with Gasteiger partial charge in [-0.25, -0.2) is 0 Å². The van der Waals surface area contributed by atoms with Crippen LogP contribution in [0.1, 0.15) is 42.6 Å². The van der Waals surface area contributed by atoms with Crippen LogP contribution in [0.25, 0.3) is 0 Å². The Hall–Kier alpha value is -2.73. The van der Waals surface area contributed by atoms with E-state index in [1.54, 1.807) is 0 Å². The molecule has 134 valence electrons. The monoisotopic (exact) mass is 350 g/mol. The van der Waals surface area contributed by atoms with Crippen LogP contribution in [0.2, 0.25) is 0 Å². The van der Waals surface area contributed by atoms with Crippen molar-refractivity contribution in [3.8, 4) is 5.75 Å². The second kappa shape index (κ2) is 8.10. The summed E-state index contributed by atoms with van der Waals surface area (Å²) in [6.07, 6.45) is 7.32. The molecule has 6 nitrogen and oxygen atoms in total. The maximum Gasteiger partial charge on any atom is 0.240 e. The lowest BCUT2D eigenvalue weighted by atomic mass is 9.96. The van der Waals surface area contributed by atoms with E-state index in [0.717, 1.165) is 18.7 Å². The summed E-state index contributed by atoms with van der Waals surface area (Å²) >= 11 is 0. The molecule has 1 unspecified atom stereocenters. The largest absolute Gasteiger partial charge is 0.485 e. The molecule has 0 bridgehead atoms. The Balaban J connectivity index is 1.39. The van der Waals surface area contributed by atoms with Crippen molar-refractivity contribution in [3.05, 3.63) is 72.1 Å². The van der Waals surface area contributed by atoms with Gasteiger partial charge >= 0.3 is 0 Å². The summed E-state index contributed by atoms with van der Waals surface area (Å²) < 4.78 is 11.1. The van der Waals surface area contributed by atoms with Gasteiger partial charge in [-0.3, -0.25) is 9.88 Å². The van der Waals surface area contributed by atoms with Gasteiger partial charge in [-0.15, -0.1) is 0 Å². The van der Waals surface area contributed by atoms with Crippen LogP contribution in [0.3, 0.4) is 0 Å². The number of ether oxygens (including phenoxy) is 1. The number of pyridine rings is 1. The maximum absolute atomic E-state index is 5.68. The molecule has 1 aliphatic heterocycles. The average molecular weight is 350 g/mol. The molecule has 3 aromatic rings. The number of hydrogen-bond acceptors (Lipinski definition) is 6. The first-order chi connectivity index (χ1) is 12.9. The van der Waals surface area contributed by atoms with Gasteiger partial charge in [-0.05, 0) is 43.1 Å². The molecule has 1 aliphatic rings. The van der Waals surface area contributed by atoms with Crippen LogP contribution in [0, 0.1) is 0 Å². The fourth-order valence-electron chi connectivity index (χ4n) is 3.38. The minimum absolute atomic E-state index is 0.305. The van der Waals surface area contributed by atoms with E-state index in [-0.39, 0.29) is 0 Å². The molecule has 0 aliphatic carbocycles. The molecule has 0 saturated carbocycles. The molecule has 6 heteroatoms. The molecule has 4 rings (SSSR count). The second-order valence-corrected chi connectivity index (χ2v) is 6.47. The summed E-state index contributed by atoms with van der Waals surface area (Å²) in [5.41, 5.74) is 1.25. The first-order valence-electron chi connectivity index (χ1n) is 9.02. The third-order valence-corrected chi connectivity index (χ3v) is 4.64. The normalized spacial score (nSPS) is 17.9. The Kier molecular flexibility index (Phi) is 5.21. The standard InChI is InChI=1S/C20H22N4O2/c1-2-8-17(9-3-1)25-15-19-22-20(26-23-19)14-24-12-5-4-10-18(24)16-7-6-11-21-13-16/h1-3,6-9,11,13,18H,4-5,10,12,14-15H2. The van der Waals surface area contributed by atoms with E-state index in [0.29, 0.717) is 30.9 Å². The molecular formula is C20H22N4O2. The SMILES string of the molecule is c1ccc(OCc2noc(CN3CCCCC3c3cccnc3)n2)cc1. The Bertz CT molecular complexity index is 807. The van der Waals surface area contributed by atoms with Gasteiger partial charge in [0.2, 0.25) is 11.7 Å². The predicted molar refractivity (Wildman–Crippen MR) is 96.3 cm³/mol. The Morgan fingerprint density at radius 3 is 2.88 bits per heavy atom. The lowest BCUT2D eigenvalue weighted by Crippen LogP contribution is -2.33. The van der Waals surface area contributed by atoms with E-state index in [1.165, 1.54) is 18.4 Å². The highest BCUT2D eigenvalue weighted by Gasteiger charge is 2.25. The lowest BCUT2D eigenvalue weighted by Gasteiger charge is -2.34. The number of rotatable bonds is 6. The van der Waals surface area contributed by atoms with Crippen molar-refractivity contribution < 1.29 is 9.26 Å². The van der Waals surface area contributed by atoms with Gasteiger partial charge in [0.05, 0.1) is 6.54 Å². The van der Waals surface area contributed by atoms with E-state index < -0.39 is 0 Å². The van der Waals surface area contributed by atoms with Crippen LogP contribution in [0.15, 0.2) is 59.4 Å². The molecule has 1 aromatic carbocycles. The van der Waals surface area contributed by atoms with Gasteiger partial charge in [0.25, 0.3) is 0 Å². The smallest absolute Gasteiger partial charge is 0.240 e. The van der Waals surface area contributed by atoms with Crippen LogP contribution in [-0.4, -0.2) is 26.6 Å². The first kappa shape index (κ1) is 16.7. The summed E-state index contributed by atoms with van der Waals surface area (Å²) in [7, 11) is 0. The number of piperidine rings is 1. The molecule has 2 aromatic heterocycles. The van der Waals surface area contributed by atoms with Crippen molar-refractivity contribution in [1.29, 1.82) is 0 Å². The molecule has 0 amide bonds. The van der Waals surface area contributed by atoms with Crippen molar-refractivity contribution >= 4 is 0 Å². The van der Waals surface area contributed by atoms with Crippen LogP contribution < -0.4 is 4.74 Å². The fourth-order valence-corrected chi connectivity index (χ4v) is 3.38. The maximum atomic E-state index is 5.68. The van der Waals surface area contributed by atoms with Gasteiger partial charge in [0.15, 0.2) is 6.61 Å². The molecule has 1 saturated heterocycles. The molecule has 1 fully saturated rings. The van der Waals surface area contributed by atoms with E-state index in [9.17, 15) is 0 Å². The second-order valence-electron chi connectivity index (χ2n) is 6.47. The van der Waals surface area contributed by atoms with E-state index in [1.807, 2.05) is 48.8 Å². The fraction of sp³-hybridized carbons (Fsp3) is 0.350. The summed E-state index contributed by atoms with van der Waals surface area (Å²) in [6, 6.07) is 14.1. The quantitative estimate of drug-likeness (QED) is 0.674. The Labute approximate surface area is 152 Å². The van der Waals surface area contributed by atoms with E-state index in [2.05, 4.69) is 26.1 Å². The molecule has 0 N–H and O–H groups in total. The van der Waals surface area contributed by atoms with Crippen molar-refractivity contribution in [2.75, 3.05) is 6.54 Å². The predicted octanol–water partition coefficient (Wildman–Crippen LogP) is 3.77. The molecule has 0 spiro atoms. The molecule has 3 heterocycles. The van der Waals surface area contributed by atoms with Crippen molar-refractivity contribution in [2.24, 2.45) is 0 Å². The van der Waals surface area contributed by atoms with Gasteiger partial charge < -0.3 is 9.26 Å². The Morgan fingerprint density at radius 1 is 1.12 bits per heavy atom. The highest BCUT2D eigenvalue weighted by Crippen LogP contribution is 2.31. The van der Waals surface area contributed by atoms with Gasteiger partial charge in [0, 0.05) is 18.4 Å². The number of hydrogen-bond donors (Lipinski definition) is 0. The van der Waals surface area contributed by atoms with Gasteiger partial charge in [-0.1, -0.05) is 35.8 Å². The Morgan fingerprint density at radius 2 is 2.04 bits per heavy atom. The zero-order valence-corrected chi connectivity index (χ0v) is 14.6. The van der Waals surface area contributed by atoms with Crippen LogP contribution >= 0.6 is 0 Å². The zero-order chi connectivity index (χ0) is 17.6. The minimum Gasteiger partial charge on any atom is -0.485 e. The average Bonchev–Trinajstić information content (AvgIpc) is 3.16. The summed E-state index contributed by atoms with van der Waals surface area (Å²) in [5, 5.41) is 4.04. The van der Waals surface area contributed by atoms with Crippen LogP contribution in [0.4, 0.5) is 0 Å². The number of aromatic nitrogens is 3. The summed E-state index contributed by atoms with van der Waals surface area (Å²) in [4.78, 5) is 11.2. The molecule has 0 radical (unpaired) electrons. The summed E-state index contributed by atoms with van der Waals surface area (Å²) in [5.74, 6) is 2.00. The van der Waals surface area contributed by atoms with Gasteiger partial charge in [0.1, 0.15) is 5.75 Å². The van der Waals surface area contributed by atoms with Crippen molar-refractivity contribution in [1.82, 2.24) is 20.0 Å². The highest BCUT2D eigenvalue weighted by molar-refractivity contribution is 5.21. The molecule has 1 atom stereocenters. The minimum atomic E-state index is 0.305. The third-order valence-electron chi connectivity index (χ3n) is 4.64. The van der Waals surface area contributed by atoms with Crippen LogP contribution in [-0.2, 0) is 13.2 Å². The molecular weight excluding hydrogens is 328 g/mol. The lowest BCUT2D eigenvalue weighted by molar-refractivity contribution is 0.123.